The second kappa shape index (κ2) is 10.2. The lowest BCUT2D eigenvalue weighted by Gasteiger charge is -2.35. The number of hydrogen-bond donors (Lipinski definition) is 1. The number of anilines is 2. The Kier molecular flexibility index (Phi) is 6.92. The van der Waals surface area contributed by atoms with Crippen molar-refractivity contribution in [3.63, 3.8) is 0 Å². The summed E-state index contributed by atoms with van der Waals surface area (Å²) in [7, 11) is 1.60. The number of methoxy groups -OCH3 is 1. The fourth-order valence-corrected chi connectivity index (χ4v) is 3.79. The van der Waals surface area contributed by atoms with Crippen LogP contribution in [0.25, 0.3) is 11.3 Å². The number of nitrogens with zero attached hydrogens (tertiary/aromatic N) is 4. The van der Waals surface area contributed by atoms with Crippen molar-refractivity contribution >= 4 is 17.5 Å². The van der Waals surface area contributed by atoms with Crippen molar-refractivity contribution < 1.29 is 14.3 Å². The van der Waals surface area contributed by atoms with Crippen molar-refractivity contribution in [1.29, 1.82) is 0 Å². The highest BCUT2D eigenvalue weighted by atomic mass is 16.5. The van der Waals surface area contributed by atoms with Gasteiger partial charge in [0.1, 0.15) is 11.5 Å². The molecule has 0 bridgehead atoms. The Balaban J connectivity index is 1.34. The molecule has 1 aliphatic rings. The highest BCUT2D eigenvalue weighted by molar-refractivity contribution is 5.91. The Hall–Kier alpha value is -3.81. The molecule has 0 atom stereocenters. The van der Waals surface area contributed by atoms with Gasteiger partial charge in [-0.2, -0.15) is 0 Å². The molecule has 8 nitrogen and oxygen atoms in total. The minimum absolute atomic E-state index is 0.129. The van der Waals surface area contributed by atoms with Gasteiger partial charge in [0, 0.05) is 31.7 Å². The average Bonchev–Trinajstić information content (AvgIpc) is 2.85. The molecule has 0 radical (unpaired) electrons. The molecule has 1 aromatic heterocycles. The first-order chi connectivity index (χ1) is 16.1. The molecule has 1 N–H and O–H groups in total. The number of aryl methyl sites for hydroxylation is 1. The average molecular weight is 448 g/mol. The monoisotopic (exact) mass is 447 g/mol. The number of aromatic nitrogens is 2. The molecule has 0 unspecified atom stereocenters. The molecule has 8 heteroatoms. The van der Waals surface area contributed by atoms with E-state index in [2.05, 4.69) is 20.4 Å². The second-order valence-electron chi connectivity index (χ2n) is 7.84. The molecule has 2 heterocycles. The number of ether oxygens (including phenoxy) is 2. The normalized spacial score (nSPS) is 13.5. The lowest BCUT2D eigenvalue weighted by atomic mass is 10.1. The Morgan fingerprint density at radius 2 is 1.76 bits per heavy atom. The third-order valence-corrected chi connectivity index (χ3v) is 5.60. The third-order valence-electron chi connectivity index (χ3n) is 5.60. The van der Waals surface area contributed by atoms with Crippen LogP contribution in [-0.2, 0) is 0 Å². The largest absolute Gasteiger partial charge is 0.495 e. The van der Waals surface area contributed by atoms with Crippen molar-refractivity contribution in [2.45, 2.75) is 13.8 Å². The summed E-state index contributed by atoms with van der Waals surface area (Å²) in [5.41, 5.74) is 3.54. The van der Waals surface area contributed by atoms with Crippen LogP contribution in [0.1, 0.15) is 12.5 Å². The molecule has 3 aromatic rings. The van der Waals surface area contributed by atoms with Gasteiger partial charge in [-0.15, -0.1) is 10.2 Å². The zero-order chi connectivity index (χ0) is 23.2. The number of rotatable bonds is 6. The van der Waals surface area contributed by atoms with Crippen LogP contribution >= 0.6 is 0 Å². The molecule has 172 valence electrons. The highest BCUT2D eigenvalue weighted by Crippen LogP contribution is 2.26. The maximum Gasteiger partial charge on any atom is 0.322 e. The van der Waals surface area contributed by atoms with Gasteiger partial charge in [-0.1, -0.05) is 6.07 Å². The molecule has 33 heavy (non-hydrogen) atoms. The van der Waals surface area contributed by atoms with Crippen molar-refractivity contribution in [3.8, 4) is 22.8 Å². The van der Waals surface area contributed by atoms with Crippen LogP contribution in [0.3, 0.4) is 0 Å². The Morgan fingerprint density at radius 3 is 2.39 bits per heavy atom. The lowest BCUT2D eigenvalue weighted by Crippen LogP contribution is -2.50. The third kappa shape index (κ3) is 5.34. The van der Waals surface area contributed by atoms with Crippen LogP contribution in [0, 0.1) is 6.92 Å². The van der Waals surface area contributed by atoms with E-state index in [0.717, 1.165) is 28.4 Å². The van der Waals surface area contributed by atoms with Crippen molar-refractivity contribution in [2.75, 3.05) is 50.1 Å². The zero-order valence-electron chi connectivity index (χ0n) is 19.2. The molecule has 1 fully saturated rings. The summed E-state index contributed by atoms with van der Waals surface area (Å²) in [5, 5.41) is 11.8. The number of nitrogens with one attached hydrogen (secondary N) is 1. The van der Waals surface area contributed by atoms with E-state index in [0.29, 0.717) is 44.2 Å². The first-order valence-corrected chi connectivity index (χ1v) is 11.1. The number of carbonyl (C=O) groups is 1. The van der Waals surface area contributed by atoms with Gasteiger partial charge < -0.3 is 24.6 Å². The molecule has 2 amide bonds. The van der Waals surface area contributed by atoms with E-state index in [1.165, 1.54) is 0 Å². The van der Waals surface area contributed by atoms with E-state index in [4.69, 9.17) is 9.47 Å². The first-order valence-electron chi connectivity index (χ1n) is 11.1. The first kappa shape index (κ1) is 22.4. The molecule has 1 saturated heterocycles. The fraction of sp³-hybridized carbons (Fsp3) is 0.320. The van der Waals surface area contributed by atoms with E-state index < -0.39 is 0 Å². The molecule has 4 rings (SSSR count). The van der Waals surface area contributed by atoms with Crippen LogP contribution in [0.2, 0.25) is 0 Å². The van der Waals surface area contributed by atoms with Crippen LogP contribution in [0.15, 0.2) is 54.6 Å². The number of hydrogen-bond acceptors (Lipinski definition) is 6. The highest BCUT2D eigenvalue weighted by Gasteiger charge is 2.23. The lowest BCUT2D eigenvalue weighted by molar-refractivity contribution is 0.208. The van der Waals surface area contributed by atoms with Gasteiger partial charge in [0.15, 0.2) is 5.82 Å². The van der Waals surface area contributed by atoms with E-state index in [9.17, 15) is 4.79 Å². The predicted octanol–water partition coefficient (Wildman–Crippen LogP) is 4.21. The number of urea groups is 1. The van der Waals surface area contributed by atoms with Gasteiger partial charge in [-0.3, -0.25) is 0 Å². The topological polar surface area (TPSA) is 79.8 Å². The van der Waals surface area contributed by atoms with Crippen LogP contribution in [-0.4, -0.2) is 61.0 Å². The molecule has 0 aliphatic carbocycles. The van der Waals surface area contributed by atoms with Crippen molar-refractivity contribution in [3.05, 3.63) is 60.2 Å². The number of amides is 2. The molecule has 2 aromatic carbocycles. The standard InChI is InChI=1S/C25H29N5O3/c1-4-33-20-8-6-19(7-9-20)21-10-12-24(28-27-21)29-13-15-30(16-14-29)25(31)26-22-17-18(2)5-11-23(22)32-3/h5-12,17H,4,13-16H2,1-3H3,(H,26,31). The fourth-order valence-electron chi connectivity index (χ4n) is 3.79. The van der Waals surface area contributed by atoms with Crippen molar-refractivity contribution in [1.82, 2.24) is 15.1 Å². The second-order valence-corrected chi connectivity index (χ2v) is 7.84. The van der Waals surface area contributed by atoms with Gasteiger partial charge in [0.25, 0.3) is 0 Å². The van der Waals surface area contributed by atoms with E-state index >= 15 is 0 Å². The minimum Gasteiger partial charge on any atom is -0.495 e. The summed E-state index contributed by atoms with van der Waals surface area (Å²) >= 11 is 0. The molecule has 0 spiro atoms. The van der Waals surface area contributed by atoms with E-state index in [1.807, 2.05) is 68.4 Å². The molecule has 1 aliphatic heterocycles. The summed E-state index contributed by atoms with van der Waals surface area (Å²) in [6.45, 7) is 7.17. The molecule has 0 saturated carbocycles. The van der Waals surface area contributed by atoms with Gasteiger partial charge in [-0.25, -0.2) is 4.79 Å². The molecular weight excluding hydrogens is 418 g/mol. The number of benzene rings is 2. The number of piperazine rings is 1. The quantitative estimate of drug-likeness (QED) is 0.610. The maximum absolute atomic E-state index is 12.8. The SMILES string of the molecule is CCOc1ccc(-c2ccc(N3CCN(C(=O)Nc4cc(C)ccc4OC)CC3)nn2)cc1. The smallest absolute Gasteiger partial charge is 0.322 e. The summed E-state index contributed by atoms with van der Waals surface area (Å²) in [4.78, 5) is 16.7. The van der Waals surface area contributed by atoms with Gasteiger partial charge >= 0.3 is 6.03 Å². The Bertz CT molecular complexity index is 1080. The molecular formula is C25H29N5O3. The predicted molar refractivity (Wildman–Crippen MR) is 129 cm³/mol. The summed E-state index contributed by atoms with van der Waals surface area (Å²) in [5.74, 6) is 2.30. The van der Waals surface area contributed by atoms with Gasteiger partial charge in [0.2, 0.25) is 0 Å². The maximum atomic E-state index is 12.8. The van der Waals surface area contributed by atoms with E-state index in [-0.39, 0.29) is 6.03 Å². The van der Waals surface area contributed by atoms with Crippen LogP contribution in [0.4, 0.5) is 16.3 Å². The van der Waals surface area contributed by atoms with Crippen LogP contribution in [0.5, 0.6) is 11.5 Å². The van der Waals surface area contributed by atoms with Gasteiger partial charge in [-0.05, 0) is 67.9 Å². The number of carbonyl (C=O) groups excluding carboxylic acids is 1. The minimum atomic E-state index is -0.129. The van der Waals surface area contributed by atoms with Gasteiger partial charge in [0.05, 0.1) is 25.1 Å². The Morgan fingerprint density at radius 1 is 1.00 bits per heavy atom. The van der Waals surface area contributed by atoms with E-state index in [1.54, 1.807) is 12.0 Å². The van der Waals surface area contributed by atoms with Crippen LogP contribution < -0.4 is 19.7 Å². The summed E-state index contributed by atoms with van der Waals surface area (Å²) in [6.07, 6.45) is 0. The Labute approximate surface area is 194 Å². The van der Waals surface area contributed by atoms with Crippen molar-refractivity contribution in [2.24, 2.45) is 0 Å². The summed E-state index contributed by atoms with van der Waals surface area (Å²) < 4.78 is 10.8. The zero-order valence-corrected chi connectivity index (χ0v) is 19.2. The summed E-state index contributed by atoms with van der Waals surface area (Å²) in [6, 6.07) is 17.4.